The van der Waals surface area contributed by atoms with E-state index in [0.29, 0.717) is 0 Å². The number of hydrazone groups is 1. The molecular weight excluding hydrogens is 390 g/mol. The lowest BCUT2D eigenvalue weighted by atomic mass is 9.97. The van der Waals surface area contributed by atoms with E-state index < -0.39 is 14.9 Å². The molecule has 29 heavy (non-hydrogen) atoms. The van der Waals surface area contributed by atoms with Gasteiger partial charge in [-0.25, -0.2) is 4.83 Å². The van der Waals surface area contributed by atoms with Crippen LogP contribution in [0.5, 0.6) is 0 Å². The van der Waals surface area contributed by atoms with Crippen LogP contribution in [-0.2, 0) is 10.0 Å². The summed E-state index contributed by atoms with van der Waals surface area (Å²) >= 11 is 0. The molecule has 0 aliphatic heterocycles. The van der Waals surface area contributed by atoms with Crippen LogP contribution in [0.15, 0.2) is 88.9 Å². The summed E-state index contributed by atoms with van der Waals surface area (Å²) in [5.74, 6) is 0. The Morgan fingerprint density at radius 3 is 2.10 bits per heavy atom. The third-order valence-corrected chi connectivity index (χ3v) is 5.74. The van der Waals surface area contributed by atoms with E-state index in [9.17, 15) is 18.5 Å². The first kappa shape index (κ1) is 18.6. The molecule has 0 bridgehead atoms. The fraction of sp³-hybridized carbons (Fsp3) is 0. The fourth-order valence-electron chi connectivity index (χ4n) is 3.17. The minimum absolute atomic E-state index is 0.230. The van der Waals surface area contributed by atoms with Crippen LogP contribution >= 0.6 is 0 Å². The van der Waals surface area contributed by atoms with Gasteiger partial charge >= 0.3 is 0 Å². The molecule has 0 unspecified atom stereocenters. The van der Waals surface area contributed by atoms with Gasteiger partial charge in [-0.05, 0) is 33.7 Å². The maximum atomic E-state index is 12.5. The number of hydrogen-bond donors (Lipinski definition) is 1. The molecule has 4 aromatic carbocycles. The molecule has 0 saturated carbocycles. The van der Waals surface area contributed by atoms with Crippen LogP contribution < -0.4 is 4.83 Å². The van der Waals surface area contributed by atoms with Gasteiger partial charge < -0.3 is 0 Å². The molecule has 0 aliphatic rings. The topological polar surface area (TPSA) is 102 Å². The van der Waals surface area contributed by atoms with Gasteiger partial charge in [0.2, 0.25) is 0 Å². The van der Waals surface area contributed by atoms with Gasteiger partial charge in [-0.1, -0.05) is 54.6 Å². The summed E-state index contributed by atoms with van der Waals surface area (Å²) in [6.07, 6.45) is 1.46. The van der Waals surface area contributed by atoms with E-state index in [1.807, 2.05) is 48.5 Å². The molecule has 1 N–H and O–H groups in total. The van der Waals surface area contributed by atoms with Crippen LogP contribution in [0.25, 0.3) is 21.5 Å². The Morgan fingerprint density at radius 1 is 0.862 bits per heavy atom. The smallest absolute Gasteiger partial charge is 0.258 e. The molecule has 0 atom stereocenters. The third-order valence-electron chi connectivity index (χ3n) is 4.52. The number of benzene rings is 4. The van der Waals surface area contributed by atoms with Crippen LogP contribution in [0.3, 0.4) is 0 Å². The van der Waals surface area contributed by atoms with E-state index in [1.54, 1.807) is 0 Å². The zero-order valence-corrected chi connectivity index (χ0v) is 15.8. The quantitative estimate of drug-likeness (QED) is 0.232. The van der Waals surface area contributed by atoms with Gasteiger partial charge in [0.1, 0.15) is 0 Å². The largest absolute Gasteiger partial charge is 0.276 e. The highest BCUT2D eigenvalue weighted by Crippen LogP contribution is 2.27. The fourth-order valence-corrected chi connectivity index (χ4v) is 4.00. The second-order valence-electron chi connectivity index (χ2n) is 6.34. The Balaban J connectivity index is 1.73. The van der Waals surface area contributed by atoms with Crippen LogP contribution in [0.2, 0.25) is 0 Å². The summed E-state index contributed by atoms with van der Waals surface area (Å²) in [6.45, 7) is 0. The number of rotatable bonds is 5. The first-order chi connectivity index (χ1) is 14.0. The summed E-state index contributed by atoms with van der Waals surface area (Å²) in [5.41, 5.74) is 0.470. The van der Waals surface area contributed by atoms with Gasteiger partial charge in [0.25, 0.3) is 15.7 Å². The number of nitro benzene ring substituents is 1. The average Bonchev–Trinajstić information content (AvgIpc) is 2.73. The van der Waals surface area contributed by atoms with Gasteiger partial charge in [-0.2, -0.15) is 13.5 Å². The molecule has 4 rings (SSSR count). The summed E-state index contributed by atoms with van der Waals surface area (Å²) in [4.78, 5) is 12.1. The molecule has 4 aromatic rings. The number of nitrogens with one attached hydrogen (secondary N) is 1. The molecular formula is C21H15N3O4S. The van der Waals surface area contributed by atoms with Crippen molar-refractivity contribution in [1.82, 2.24) is 4.83 Å². The summed E-state index contributed by atoms with van der Waals surface area (Å²) < 4.78 is 25.0. The predicted octanol–water partition coefficient (Wildman–Crippen LogP) is 4.21. The second kappa shape index (κ2) is 7.33. The third kappa shape index (κ3) is 3.65. The first-order valence-electron chi connectivity index (χ1n) is 8.65. The molecule has 0 aliphatic carbocycles. The number of fused-ring (bicyclic) bond motifs is 2. The molecule has 0 aromatic heterocycles. The summed E-state index contributed by atoms with van der Waals surface area (Å²) in [6, 6.07) is 22.4. The normalized spacial score (nSPS) is 11.9. The molecule has 0 spiro atoms. The average molecular weight is 405 g/mol. The number of nitrogens with zero attached hydrogens (tertiary/aromatic N) is 2. The van der Waals surface area contributed by atoms with E-state index in [-0.39, 0.29) is 10.6 Å². The van der Waals surface area contributed by atoms with Crippen molar-refractivity contribution in [3.63, 3.8) is 0 Å². The predicted molar refractivity (Wildman–Crippen MR) is 112 cm³/mol. The van der Waals surface area contributed by atoms with E-state index in [4.69, 9.17) is 0 Å². The van der Waals surface area contributed by atoms with Crippen molar-refractivity contribution in [3.05, 3.63) is 94.5 Å². The monoisotopic (exact) mass is 405 g/mol. The molecule has 0 radical (unpaired) electrons. The zero-order valence-electron chi connectivity index (χ0n) is 15.0. The number of sulfonamides is 1. The standard InChI is InChI=1S/C21H15N3O4S/c25-24(26)17-8-5-9-18(13-17)29(27,28)23-22-14-21-19-10-3-1-6-15(19)12-16-7-2-4-11-20(16)21/h1-14,23H. The summed E-state index contributed by atoms with van der Waals surface area (Å²) in [7, 11) is -4.05. The highest BCUT2D eigenvalue weighted by molar-refractivity contribution is 7.89. The molecule has 0 fully saturated rings. The zero-order chi connectivity index (χ0) is 20.4. The van der Waals surface area contributed by atoms with E-state index in [0.717, 1.165) is 33.2 Å². The molecule has 0 amide bonds. The van der Waals surface area contributed by atoms with Crippen molar-refractivity contribution in [2.45, 2.75) is 4.90 Å². The maximum absolute atomic E-state index is 12.5. The highest BCUT2D eigenvalue weighted by atomic mass is 32.2. The first-order valence-corrected chi connectivity index (χ1v) is 10.1. The lowest BCUT2D eigenvalue weighted by Crippen LogP contribution is -2.18. The van der Waals surface area contributed by atoms with Crippen LogP contribution in [0.4, 0.5) is 5.69 Å². The van der Waals surface area contributed by atoms with E-state index in [2.05, 4.69) is 16.0 Å². The van der Waals surface area contributed by atoms with Crippen LogP contribution in [0, 0.1) is 10.1 Å². The molecule has 144 valence electrons. The van der Waals surface area contributed by atoms with Gasteiger partial charge in [0.15, 0.2) is 0 Å². The Hall–Kier alpha value is -3.78. The second-order valence-corrected chi connectivity index (χ2v) is 8.00. The van der Waals surface area contributed by atoms with Gasteiger partial charge in [-0.15, -0.1) is 0 Å². The van der Waals surface area contributed by atoms with Crippen molar-refractivity contribution in [2.24, 2.45) is 5.10 Å². The van der Waals surface area contributed by atoms with Crippen LogP contribution in [-0.4, -0.2) is 19.6 Å². The summed E-state index contributed by atoms with van der Waals surface area (Å²) in [5, 5.41) is 18.7. The van der Waals surface area contributed by atoms with Crippen molar-refractivity contribution < 1.29 is 13.3 Å². The molecule has 0 saturated heterocycles. The van der Waals surface area contributed by atoms with Crippen molar-refractivity contribution in [3.8, 4) is 0 Å². The Labute approximate surface area is 166 Å². The number of hydrogen-bond acceptors (Lipinski definition) is 5. The van der Waals surface area contributed by atoms with E-state index >= 15 is 0 Å². The molecule has 8 heteroatoms. The van der Waals surface area contributed by atoms with E-state index in [1.165, 1.54) is 24.4 Å². The minimum Gasteiger partial charge on any atom is -0.258 e. The number of nitro groups is 1. The lowest BCUT2D eigenvalue weighted by Gasteiger charge is -2.08. The molecule has 0 heterocycles. The van der Waals surface area contributed by atoms with Gasteiger partial charge in [-0.3, -0.25) is 10.1 Å². The SMILES string of the molecule is O=[N+]([O-])c1cccc(S(=O)(=O)NN=Cc2c3ccccc3cc3ccccc23)c1. The maximum Gasteiger partial charge on any atom is 0.276 e. The molecule has 7 nitrogen and oxygen atoms in total. The van der Waals surface area contributed by atoms with Gasteiger partial charge in [0, 0.05) is 17.7 Å². The van der Waals surface area contributed by atoms with Crippen molar-refractivity contribution >= 4 is 43.5 Å². The number of non-ortho nitro benzene ring substituents is 1. The van der Waals surface area contributed by atoms with Crippen LogP contribution in [0.1, 0.15) is 5.56 Å². The van der Waals surface area contributed by atoms with Crippen molar-refractivity contribution in [1.29, 1.82) is 0 Å². The van der Waals surface area contributed by atoms with Crippen molar-refractivity contribution in [2.75, 3.05) is 0 Å². The lowest BCUT2D eigenvalue weighted by molar-refractivity contribution is -0.385. The highest BCUT2D eigenvalue weighted by Gasteiger charge is 2.17. The Bertz CT molecular complexity index is 1330. The Kier molecular flexibility index (Phi) is 4.69. The minimum atomic E-state index is -4.05. The Morgan fingerprint density at radius 2 is 1.48 bits per heavy atom. The van der Waals surface area contributed by atoms with Gasteiger partial charge in [0.05, 0.1) is 16.0 Å².